The number of rotatable bonds is 6. The number of carbonyl (C=O) groups is 1. The van der Waals surface area contributed by atoms with Crippen molar-refractivity contribution >= 4 is 39.2 Å². The number of amides is 1. The molecular weight excluding hydrogens is 390 g/mol. The molecule has 0 aromatic carbocycles. The van der Waals surface area contributed by atoms with Crippen LogP contribution in [0.3, 0.4) is 0 Å². The lowest BCUT2D eigenvalue weighted by molar-refractivity contribution is -0.120. The van der Waals surface area contributed by atoms with Gasteiger partial charge in [-0.2, -0.15) is 0 Å². The summed E-state index contributed by atoms with van der Waals surface area (Å²) >= 11 is 3.03. The summed E-state index contributed by atoms with van der Waals surface area (Å²) in [6.07, 6.45) is 10.5. The number of fused-ring (bicyclic) bond motifs is 3. The van der Waals surface area contributed by atoms with E-state index in [9.17, 15) is 9.59 Å². The van der Waals surface area contributed by atoms with Gasteiger partial charge in [0.1, 0.15) is 4.83 Å². The molecule has 0 spiro atoms. The van der Waals surface area contributed by atoms with Gasteiger partial charge in [-0.3, -0.25) is 14.2 Å². The highest BCUT2D eigenvalue weighted by Gasteiger charge is 2.25. The van der Waals surface area contributed by atoms with Gasteiger partial charge >= 0.3 is 0 Å². The molecule has 1 unspecified atom stereocenters. The highest BCUT2D eigenvalue weighted by molar-refractivity contribution is 8.00. The van der Waals surface area contributed by atoms with Crippen LogP contribution in [0.4, 0.5) is 0 Å². The van der Waals surface area contributed by atoms with Gasteiger partial charge in [0.2, 0.25) is 5.91 Å². The quantitative estimate of drug-likeness (QED) is 0.437. The number of nitrogens with zero attached hydrogens (tertiary/aromatic N) is 2. The van der Waals surface area contributed by atoms with Crippen LogP contribution in [-0.2, 0) is 24.2 Å². The molecular formula is C21H27N3O2S2. The van der Waals surface area contributed by atoms with Crippen LogP contribution in [0.2, 0.25) is 0 Å². The minimum absolute atomic E-state index is 0.00945. The van der Waals surface area contributed by atoms with Crippen molar-refractivity contribution in [1.82, 2.24) is 14.9 Å². The first-order valence-corrected chi connectivity index (χ1v) is 11.9. The van der Waals surface area contributed by atoms with E-state index in [2.05, 4.69) is 11.9 Å². The molecule has 1 amide bonds. The summed E-state index contributed by atoms with van der Waals surface area (Å²) in [6, 6.07) is 0.297. The first-order valence-electron chi connectivity index (χ1n) is 10.2. The average Bonchev–Trinajstić information content (AvgIpc) is 3.31. The maximum absolute atomic E-state index is 13.3. The van der Waals surface area contributed by atoms with Gasteiger partial charge in [0.25, 0.3) is 5.56 Å². The van der Waals surface area contributed by atoms with Crippen LogP contribution in [-0.4, -0.2) is 26.8 Å². The van der Waals surface area contributed by atoms with Gasteiger partial charge in [0.15, 0.2) is 5.16 Å². The van der Waals surface area contributed by atoms with Crippen molar-refractivity contribution in [1.29, 1.82) is 0 Å². The number of aromatic nitrogens is 2. The number of thiophene rings is 1. The van der Waals surface area contributed by atoms with Gasteiger partial charge in [0, 0.05) is 17.5 Å². The monoisotopic (exact) mass is 417 g/mol. The molecule has 2 heterocycles. The van der Waals surface area contributed by atoms with Gasteiger partial charge in [0.05, 0.1) is 10.6 Å². The van der Waals surface area contributed by atoms with Crippen LogP contribution in [0.15, 0.2) is 22.6 Å². The first kappa shape index (κ1) is 19.7. The summed E-state index contributed by atoms with van der Waals surface area (Å²) < 4.78 is 1.68. The van der Waals surface area contributed by atoms with Crippen LogP contribution in [0, 0.1) is 0 Å². The van der Waals surface area contributed by atoms with E-state index in [-0.39, 0.29) is 16.7 Å². The van der Waals surface area contributed by atoms with Crippen LogP contribution in [0.5, 0.6) is 0 Å². The maximum atomic E-state index is 13.3. The highest BCUT2D eigenvalue weighted by atomic mass is 32.2. The van der Waals surface area contributed by atoms with Crippen LogP contribution in [0.1, 0.15) is 55.9 Å². The second-order valence-corrected chi connectivity index (χ2v) is 10.1. The van der Waals surface area contributed by atoms with Crippen molar-refractivity contribution in [2.24, 2.45) is 0 Å². The molecule has 1 fully saturated rings. The normalized spacial score (nSPS) is 18.2. The Hall–Kier alpha value is -1.60. The Morgan fingerprint density at radius 2 is 2.11 bits per heavy atom. The largest absolute Gasteiger partial charge is 0.352 e. The van der Waals surface area contributed by atoms with Crippen LogP contribution in [0.25, 0.3) is 10.2 Å². The van der Waals surface area contributed by atoms with E-state index in [0.717, 1.165) is 42.3 Å². The molecule has 0 bridgehead atoms. The van der Waals surface area contributed by atoms with Gasteiger partial charge in [-0.15, -0.1) is 17.9 Å². The standard InChI is InChI=1S/C21H27N3O2S2/c1-3-12-24-20(26)17-15-10-6-7-11-16(15)28-19(17)23-21(24)27-13(2)18(25)22-14-8-4-5-9-14/h3,13-14H,1,4-12H2,2H3,(H,22,25). The molecule has 28 heavy (non-hydrogen) atoms. The molecule has 2 aliphatic carbocycles. The number of allylic oxidation sites excluding steroid dienone is 1. The van der Waals surface area contributed by atoms with Crippen molar-refractivity contribution in [3.63, 3.8) is 0 Å². The SMILES string of the molecule is C=CCn1c(SC(C)C(=O)NC2CCCC2)nc2sc3c(c2c1=O)CCCC3. The Balaban J connectivity index is 1.65. The number of carbonyl (C=O) groups excluding carboxylic acids is 1. The Bertz CT molecular complexity index is 957. The summed E-state index contributed by atoms with van der Waals surface area (Å²) in [7, 11) is 0. The summed E-state index contributed by atoms with van der Waals surface area (Å²) in [6.45, 7) is 6.10. The molecule has 7 heteroatoms. The Morgan fingerprint density at radius 3 is 2.86 bits per heavy atom. The summed E-state index contributed by atoms with van der Waals surface area (Å²) in [5.41, 5.74) is 1.21. The van der Waals surface area contributed by atoms with Crippen molar-refractivity contribution in [2.45, 2.75) is 81.3 Å². The number of nitrogens with one attached hydrogen (secondary N) is 1. The zero-order valence-corrected chi connectivity index (χ0v) is 18.0. The van der Waals surface area contributed by atoms with E-state index in [4.69, 9.17) is 4.98 Å². The third-order valence-electron chi connectivity index (χ3n) is 5.70. The molecule has 0 saturated heterocycles. The molecule has 4 rings (SSSR count). The Morgan fingerprint density at radius 1 is 1.36 bits per heavy atom. The highest BCUT2D eigenvalue weighted by Crippen LogP contribution is 2.35. The van der Waals surface area contributed by atoms with E-state index in [1.807, 2.05) is 6.92 Å². The van der Waals surface area contributed by atoms with E-state index in [1.165, 1.54) is 41.5 Å². The second kappa shape index (κ2) is 8.41. The third-order valence-corrected chi connectivity index (χ3v) is 7.98. The van der Waals surface area contributed by atoms with Gasteiger partial charge in [-0.25, -0.2) is 4.98 Å². The molecule has 1 atom stereocenters. The fraction of sp³-hybridized carbons (Fsp3) is 0.571. The molecule has 0 aliphatic heterocycles. The fourth-order valence-corrected chi connectivity index (χ4v) is 6.43. The van der Waals surface area contributed by atoms with Crippen molar-refractivity contribution in [3.05, 3.63) is 33.4 Å². The molecule has 1 N–H and O–H groups in total. The number of hydrogen-bond donors (Lipinski definition) is 1. The van der Waals surface area contributed by atoms with Gasteiger partial charge in [-0.1, -0.05) is 30.7 Å². The molecule has 2 aromatic rings. The smallest absolute Gasteiger partial charge is 0.263 e. The first-order chi connectivity index (χ1) is 13.6. The predicted molar refractivity (Wildman–Crippen MR) is 116 cm³/mol. The second-order valence-electron chi connectivity index (χ2n) is 7.74. The zero-order valence-electron chi connectivity index (χ0n) is 16.3. The molecule has 2 aliphatic rings. The van der Waals surface area contributed by atoms with Gasteiger partial charge < -0.3 is 5.32 Å². The van der Waals surface area contributed by atoms with E-state index in [0.29, 0.717) is 17.7 Å². The maximum Gasteiger partial charge on any atom is 0.263 e. The van der Waals surface area contributed by atoms with E-state index >= 15 is 0 Å². The lowest BCUT2D eigenvalue weighted by atomic mass is 9.97. The number of hydrogen-bond acceptors (Lipinski definition) is 5. The summed E-state index contributed by atoms with van der Waals surface area (Å²) in [4.78, 5) is 32.8. The molecule has 2 aromatic heterocycles. The Kier molecular flexibility index (Phi) is 5.92. The minimum atomic E-state index is -0.296. The van der Waals surface area contributed by atoms with Crippen molar-refractivity contribution in [3.8, 4) is 0 Å². The minimum Gasteiger partial charge on any atom is -0.352 e. The van der Waals surface area contributed by atoms with Crippen LogP contribution >= 0.6 is 23.1 Å². The van der Waals surface area contributed by atoms with Crippen molar-refractivity contribution < 1.29 is 4.79 Å². The topological polar surface area (TPSA) is 64.0 Å². The van der Waals surface area contributed by atoms with Crippen LogP contribution < -0.4 is 10.9 Å². The Labute approximate surface area is 173 Å². The average molecular weight is 418 g/mol. The molecule has 1 saturated carbocycles. The third kappa shape index (κ3) is 3.79. The van der Waals surface area contributed by atoms with E-state index < -0.39 is 0 Å². The lowest BCUT2D eigenvalue weighted by Crippen LogP contribution is -2.38. The number of aryl methyl sites for hydroxylation is 2. The predicted octanol–water partition coefficient (Wildman–Crippen LogP) is 4.06. The molecule has 150 valence electrons. The van der Waals surface area contributed by atoms with Crippen molar-refractivity contribution in [2.75, 3.05) is 0 Å². The molecule has 0 radical (unpaired) electrons. The van der Waals surface area contributed by atoms with Gasteiger partial charge in [-0.05, 0) is 51.0 Å². The number of thioether (sulfide) groups is 1. The van der Waals surface area contributed by atoms with E-state index in [1.54, 1.807) is 22.0 Å². The summed E-state index contributed by atoms with van der Waals surface area (Å²) in [5, 5.41) is 4.26. The lowest BCUT2D eigenvalue weighted by Gasteiger charge is -2.17. The fourth-order valence-electron chi connectivity index (χ4n) is 4.20. The summed E-state index contributed by atoms with van der Waals surface area (Å²) in [5.74, 6) is 0.0295. The molecule has 5 nitrogen and oxygen atoms in total. The zero-order chi connectivity index (χ0) is 19.7.